The fourth-order valence-corrected chi connectivity index (χ4v) is 3.98. The molecule has 0 fully saturated rings. The van der Waals surface area contributed by atoms with Crippen molar-refractivity contribution >= 4 is 40.0 Å². The first-order valence-electron chi connectivity index (χ1n) is 10.8. The van der Waals surface area contributed by atoms with Crippen LogP contribution in [0.1, 0.15) is 37.9 Å². The van der Waals surface area contributed by atoms with Crippen LogP contribution in [0.3, 0.4) is 0 Å². The molecule has 0 bridgehead atoms. The second-order valence-corrected chi connectivity index (χ2v) is 8.79. The summed E-state index contributed by atoms with van der Waals surface area (Å²) in [5.74, 6) is 0.775. The zero-order valence-corrected chi connectivity index (χ0v) is 22.3. The molecule has 0 spiro atoms. The minimum atomic E-state index is -3.66. The number of nitrogens with one attached hydrogen (secondary N) is 2. The minimum absolute atomic E-state index is 0. The molecule has 0 aliphatic heterocycles. The van der Waals surface area contributed by atoms with Crippen molar-refractivity contribution in [2.75, 3.05) is 32.7 Å². The number of halogens is 1. The van der Waals surface area contributed by atoms with Gasteiger partial charge in [0.2, 0.25) is 10.0 Å². The Morgan fingerprint density at radius 1 is 1.00 bits per heavy atom. The molecule has 0 amide bonds. The summed E-state index contributed by atoms with van der Waals surface area (Å²) in [6.45, 7) is 10.4. The Morgan fingerprint density at radius 2 is 1.62 bits per heavy atom. The molecule has 32 heavy (non-hydrogen) atoms. The molecule has 0 aromatic heterocycles. The SMILES string of the molecule is CCNC(=NCC(c1ccccc1)N(CC)CC)NCCc1ccc(S(N)(=O)=O)cc1.I. The minimum Gasteiger partial charge on any atom is -0.357 e. The molecule has 2 rings (SSSR count). The van der Waals surface area contributed by atoms with Crippen molar-refractivity contribution in [3.63, 3.8) is 0 Å². The topological polar surface area (TPSA) is 99.8 Å². The third-order valence-corrected chi connectivity index (χ3v) is 6.09. The lowest BCUT2D eigenvalue weighted by molar-refractivity contribution is 0.224. The van der Waals surface area contributed by atoms with E-state index in [4.69, 9.17) is 10.1 Å². The second-order valence-electron chi connectivity index (χ2n) is 7.23. The maximum atomic E-state index is 11.4. The fraction of sp³-hybridized carbons (Fsp3) is 0.435. The van der Waals surface area contributed by atoms with Gasteiger partial charge in [-0.15, -0.1) is 24.0 Å². The third kappa shape index (κ3) is 9.05. The first-order chi connectivity index (χ1) is 14.9. The molecule has 0 heterocycles. The van der Waals surface area contributed by atoms with E-state index in [0.29, 0.717) is 13.1 Å². The molecule has 178 valence electrons. The van der Waals surface area contributed by atoms with Gasteiger partial charge in [-0.1, -0.05) is 56.3 Å². The van der Waals surface area contributed by atoms with Gasteiger partial charge in [-0.05, 0) is 49.7 Å². The van der Waals surface area contributed by atoms with Crippen LogP contribution in [0, 0.1) is 0 Å². The predicted octanol–water partition coefficient (Wildman–Crippen LogP) is 3.13. The highest BCUT2D eigenvalue weighted by Gasteiger charge is 2.17. The molecule has 0 aliphatic carbocycles. The van der Waals surface area contributed by atoms with E-state index in [9.17, 15) is 8.42 Å². The van der Waals surface area contributed by atoms with Crippen LogP contribution in [0.4, 0.5) is 0 Å². The van der Waals surface area contributed by atoms with Gasteiger partial charge in [0.05, 0.1) is 17.5 Å². The molecule has 0 radical (unpaired) electrons. The lowest BCUT2D eigenvalue weighted by Gasteiger charge is -2.29. The van der Waals surface area contributed by atoms with Gasteiger partial charge in [-0.3, -0.25) is 9.89 Å². The average molecular weight is 574 g/mol. The van der Waals surface area contributed by atoms with Gasteiger partial charge in [-0.25, -0.2) is 13.6 Å². The first-order valence-corrected chi connectivity index (χ1v) is 12.4. The van der Waals surface area contributed by atoms with Crippen LogP contribution in [0.5, 0.6) is 0 Å². The number of sulfonamides is 1. The quantitative estimate of drug-likeness (QED) is 0.218. The Morgan fingerprint density at radius 3 is 2.16 bits per heavy atom. The van der Waals surface area contributed by atoms with Crippen molar-refractivity contribution in [1.29, 1.82) is 0 Å². The predicted molar refractivity (Wildman–Crippen MR) is 143 cm³/mol. The summed E-state index contributed by atoms with van der Waals surface area (Å²) in [4.78, 5) is 7.38. The number of benzene rings is 2. The summed E-state index contributed by atoms with van der Waals surface area (Å²) in [6.07, 6.45) is 0.744. The molecule has 0 saturated heterocycles. The molecule has 0 saturated carbocycles. The highest BCUT2D eigenvalue weighted by molar-refractivity contribution is 14.0. The number of hydrogen-bond donors (Lipinski definition) is 3. The number of hydrogen-bond acceptors (Lipinski definition) is 4. The van der Waals surface area contributed by atoms with Crippen LogP contribution < -0.4 is 15.8 Å². The molecule has 2 aromatic rings. The Hall–Kier alpha value is -1.69. The van der Waals surface area contributed by atoms with Crippen molar-refractivity contribution in [3.8, 4) is 0 Å². The molecule has 1 atom stereocenters. The van der Waals surface area contributed by atoms with Crippen molar-refractivity contribution in [3.05, 3.63) is 65.7 Å². The molecule has 2 aromatic carbocycles. The van der Waals surface area contributed by atoms with Crippen LogP contribution in [-0.4, -0.2) is 52.0 Å². The Kier molecular flexibility index (Phi) is 12.8. The number of nitrogens with zero attached hydrogens (tertiary/aromatic N) is 2. The van der Waals surface area contributed by atoms with E-state index < -0.39 is 10.0 Å². The van der Waals surface area contributed by atoms with Gasteiger partial charge in [0.25, 0.3) is 0 Å². The average Bonchev–Trinajstić information content (AvgIpc) is 2.77. The highest BCUT2D eigenvalue weighted by atomic mass is 127. The normalized spacial score (nSPS) is 12.8. The van der Waals surface area contributed by atoms with Gasteiger partial charge in [0, 0.05) is 13.1 Å². The monoisotopic (exact) mass is 573 g/mol. The van der Waals surface area contributed by atoms with E-state index in [1.54, 1.807) is 24.3 Å². The van der Waals surface area contributed by atoms with E-state index in [0.717, 1.165) is 37.6 Å². The zero-order valence-electron chi connectivity index (χ0n) is 19.1. The van der Waals surface area contributed by atoms with Crippen LogP contribution in [0.15, 0.2) is 64.5 Å². The van der Waals surface area contributed by atoms with E-state index in [2.05, 4.69) is 53.6 Å². The number of nitrogens with two attached hydrogens (primary N) is 1. The van der Waals surface area contributed by atoms with Gasteiger partial charge in [0.1, 0.15) is 0 Å². The lowest BCUT2D eigenvalue weighted by Crippen LogP contribution is -2.39. The maximum Gasteiger partial charge on any atom is 0.238 e. The largest absolute Gasteiger partial charge is 0.357 e. The Bertz CT molecular complexity index is 917. The molecule has 9 heteroatoms. The van der Waals surface area contributed by atoms with Crippen LogP contribution in [0.2, 0.25) is 0 Å². The Balaban J connectivity index is 0.00000512. The maximum absolute atomic E-state index is 11.4. The molecule has 4 N–H and O–H groups in total. The number of aliphatic imine (C=N–C) groups is 1. The molecular weight excluding hydrogens is 537 g/mol. The number of primary sulfonamides is 1. The van der Waals surface area contributed by atoms with Crippen molar-refractivity contribution in [2.24, 2.45) is 10.1 Å². The van der Waals surface area contributed by atoms with Crippen molar-refractivity contribution in [2.45, 2.75) is 38.1 Å². The van der Waals surface area contributed by atoms with E-state index in [1.165, 1.54) is 5.56 Å². The fourth-order valence-electron chi connectivity index (χ4n) is 3.46. The summed E-state index contributed by atoms with van der Waals surface area (Å²) in [5, 5.41) is 11.8. The van der Waals surface area contributed by atoms with E-state index >= 15 is 0 Å². The van der Waals surface area contributed by atoms with Gasteiger partial charge in [-0.2, -0.15) is 0 Å². The summed E-state index contributed by atoms with van der Waals surface area (Å²) in [7, 11) is -3.66. The number of rotatable bonds is 11. The second kappa shape index (κ2) is 14.5. The van der Waals surface area contributed by atoms with Crippen LogP contribution in [0.25, 0.3) is 0 Å². The molecule has 7 nitrogen and oxygen atoms in total. The standard InChI is InChI=1S/C23H35N5O2S.HI/c1-4-25-23(26-17-16-19-12-14-21(15-13-19)31(24,29)30)27-18-22(28(5-2)6-3)20-10-8-7-9-11-20;/h7-15,22H,4-6,16-18H2,1-3H3,(H2,24,29,30)(H2,25,26,27);1H. The summed E-state index contributed by atoms with van der Waals surface area (Å²) in [6, 6.07) is 17.4. The third-order valence-electron chi connectivity index (χ3n) is 5.16. The first kappa shape index (κ1) is 28.3. The number of guanidine groups is 1. The van der Waals surface area contributed by atoms with Gasteiger partial charge in [0.15, 0.2) is 5.96 Å². The van der Waals surface area contributed by atoms with Crippen LogP contribution in [-0.2, 0) is 16.4 Å². The summed E-state index contributed by atoms with van der Waals surface area (Å²) < 4.78 is 22.8. The molecule has 0 aliphatic rings. The number of likely N-dealkylation sites (N-methyl/N-ethyl adjacent to an activating group) is 1. The highest BCUT2D eigenvalue weighted by Crippen LogP contribution is 2.20. The lowest BCUT2D eigenvalue weighted by atomic mass is 10.1. The smallest absolute Gasteiger partial charge is 0.238 e. The van der Waals surface area contributed by atoms with Crippen LogP contribution >= 0.6 is 24.0 Å². The zero-order chi connectivity index (χ0) is 22.7. The summed E-state index contributed by atoms with van der Waals surface area (Å²) in [5.41, 5.74) is 2.29. The molecular formula is C23H36IN5O2S. The van der Waals surface area contributed by atoms with E-state index in [1.807, 2.05) is 13.0 Å². The Labute approximate surface area is 210 Å². The van der Waals surface area contributed by atoms with E-state index in [-0.39, 0.29) is 34.9 Å². The van der Waals surface area contributed by atoms with Crippen molar-refractivity contribution in [1.82, 2.24) is 15.5 Å². The molecule has 1 unspecified atom stereocenters. The van der Waals surface area contributed by atoms with Gasteiger partial charge >= 0.3 is 0 Å². The van der Waals surface area contributed by atoms with Gasteiger partial charge < -0.3 is 10.6 Å². The van der Waals surface area contributed by atoms with Crippen molar-refractivity contribution < 1.29 is 8.42 Å². The summed E-state index contributed by atoms with van der Waals surface area (Å²) >= 11 is 0.